The number of pyridine rings is 1. The summed E-state index contributed by atoms with van der Waals surface area (Å²) >= 11 is 3.09. The number of hydrogen-bond donors (Lipinski definition) is 3. The van der Waals surface area contributed by atoms with E-state index in [1.807, 2.05) is 0 Å². The first-order valence-corrected chi connectivity index (χ1v) is 5.56. The van der Waals surface area contributed by atoms with E-state index in [2.05, 4.69) is 26.2 Å². The molecule has 0 radical (unpaired) electrons. The van der Waals surface area contributed by atoms with E-state index in [0.717, 1.165) is 0 Å². The molecule has 0 saturated heterocycles. The normalized spacial score (nSPS) is 11.6. The molecule has 1 heterocycles. The minimum atomic E-state index is -1.47. The summed E-state index contributed by atoms with van der Waals surface area (Å²) in [4.78, 5) is 36.6. The highest BCUT2D eigenvalue weighted by molar-refractivity contribution is 9.10. The van der Waals surface area contributed by atoms with Crippen molar-refractivity contribution in [2.75, 3.05) is 0 Å². The maximum atomic E-state index is 11.6. The molecule has 96 valence electrons. The molecule has 8 heteroatoms. The number of carboxylic acids is 2. The van der Waals surface area contributed by atoms with Crippen LogP contribution in [-0.2, 0) is 9.59 Å². The van der Waals surface area contributed by atoms with Gasteiger partial charge in [0.1, 0.15) is 10.6 Å². The van der Waals surface area contributed by atoms with Crippen molar-refractivity contribution in [3.05, 3.63) is 28.5 Å². The molecule has 0 bridgehead atoms. The van der Waals surface area contributed by atoms with Crippen LogP contribution in [0, 0.1) is 0 Å². The van der Waals surface area contributed by atoms with Crippen molar-refractivity contribution in [1.29, 1.82) is 0 Å². The van der Waals surface area contributed by atoms with E-state index in [1.54, 1.807) is 0 Å². The molecule has 1 aromatic heterocycles. The number of carbonyl (C=O) groups is 3. The van der Waals surface area contributed by atoms with Crippen molar-refractivity contribution in [2.45, 2.75) is 12.5 Å². The second-order valence-corrected chi connectivity index (χ2v) is 4.14. The van der Waals surface area contributed by atoms with Crippen LogP contribution in [0.1, 0.15) is 16.8 Å². The van der Waals surface area contributed by atoms with Gasteiger partial charge in [-0.25, -0.2) is 9.78 Å². The van der Waals surface area contributed by atoms with Gasteiger partial charge in [-0.05, 0) is 28.1 Å². The van der Waals surface area contributed by atoms with E-state index in [9.17, 15) is 14.4 Å². The molecule has 1 rings (SSSR count). The summed E-state index contributed by atoms with van der Waals surface area (Å²) in [5.41, 5.74) is 0.148. The molecular weight excluding hydrogens is 308 g/mol. The highest BCUT2D eigenvalue weighted by Crippen LogP contribution is 2.06. The van der Waals surface area contributed by atoms with Crippen LogP contribution >= 0.6 is 15.9 Å². The van der Waals surface area contributed by atoms with Crippen molar-refractivity contribution in [3.8, 4) is 0 Å². The Bertz CT molecular complexity index is 474. The van der Waals surface area contributed by atoms with Crippen LogP contribution in [0.5, 0.6) is 0 Å². The number of carboxylic acid groups (broad SMARTS) is 2. The molecule has 1 aromatic rings. The minimum absolute atomic E-state index is 0.148. The Morgan fingerprint density at radius 2 is 2.00 bits per heavy atom. The first-order chi connectivity index (χ1) is 8.40. The summed E-state index contributed by atoms with van der Waals surface area (Å²) in [7, 11) is 0. The van der Waals surface area contributed by atoms with E-state index in [0.29, 0.717) is 4.60 Å². The first kappa shape index (κ1) is 14.1. The maximum absolute atomic E-state index is 11.6. The van der Waals surface area contributed by atoms with Gasteiger partial charge in [0, 0.05) is 6.20 Å². The highest BCUT2D eigenvalue weighted by atomic mass is 79.9. The van der Waals surface area contributed by atoms with Crippen LogP contribution in [0.15, 0.2) is 22.9 Å². The second-order valence-electron chi connectivity index (χ2n) is 3.33. The quantitative estimate of drug-likeness (QED) is 0.681. The Balaban J connectivity index is 2.75. The van der Waals surface area contributed by atoms with Crippen molar-refractivity contribution in [3.63, 3.8) is 0 Å². The number of amides is 1. The molecule has 0 unspecified atom stereocenters. The molecule has 0 spiro atoms. The lowest BCUT2D eigenvalue weighted by Crippen LogP contribution is -2.42. The topological polar surface area (TPSA) is 117 Å². The molecule has 0 aromatic carbocycles. The Labute approximate surface area is 110 Å². The van der Waals surface area contributed by atoms with E-state index < -0.39 is 30.3 Å². The lowest BCUT2D eigenvalue weighted by atomic mass is 10.2. The Kier molecular flexibility index (Phi) is 4.78. The Morgan fingerprint density at radius 1 is 1.33 bits per heavy atom. The minimum Gasteiger partial charge on any atom is -0.481 e. The number of rotatable bonds is 5. The fourth-order valence-corrected chi connectivity index (χ4v) is 1.36. The first-order valence-electron chi connectivity index (χ1n) is 4.77. The van der Waals surface area contributed by atoms with Crippen LogP contribution < -0.4 is 5.32 Å². The standard InChI is InChI=1S/C10H9BrN2O5/c11-7-2-1-5(4-12-7)9(16)13-6(10(17)18)3-8(14)15/h1-2,4,6H,3H2,(H,13,16)(H,14,15)(H,17,18)/t6-/m0/s1. The summed E-state index contributed by atoms with van der Waals surface area (Å²) in [6, 6.07) is 1.48. The molecule has 18 heavy (non-hydrogen) atoms. The predicted octanol–water partition coefficient (Wildman–Crippen LogP) is 0.502. The molecule has 1 amide bonds. The summed E-state index contributed by atoms with van der Waals surface area (Å²) in [5.74, 6) is -3.41. The zero-order valence-corrected chi connectivity index (χ0v) is 10.5. The van der Waals surface area contributed by atoms with Crippen LogP contribution in [0.25, 0.3) is 0 Å². The monoisotopic (exact) mass is 316 g/mol. The van der Waals surface area contributed by atoms with Crippen molar-refractivity contribution < 1.29 is 24.6 Å². The summed E-state index contributed by atoms with van der Waals surface area (Å²) in [5, 5.41) is 19.4. The third-order valence-corrected chi connectivity index (χ3v) is 2.44. The van der Waals surface area contributed by atoms with Gasteiger partial charge in [0.2, 0.25) is 0 Å². The van der Waals surface area contributed by atoms with Gasteiger partial charge in [0.25, 0.3) is 5.91 Å². The molecule has 0 saturated carbocycles. The second kappa shape index (κ2) is 6.10. The third kappa shape index (κ3) is 4.13. The van der Waals surface area contributed by atoms with Gasteiger partial charge in [-0.1, -0.05) is 0 Å². The molecule has 7 nitrogen and oxygen atoms in total. The molecule has 1 atom stereocenters. The van der Waals surface area contributed by atoms with Crippen molar-refractivity contribution in [1.82, 2.24) is 10.3 Å². The molecular formula is C10H9BrN2O5. The van der Waals surface area contributed by atoms with Gasteiger partial charge in [-0.2, -0.15) is 0 Å². The van der Waals surface area contributed by atoms with Crippen LogP contribution in [-0.4, -0.2) is 39.1 Å². The fraction of sp³-hybridized carbons (Fsp3) is 0.200. The van der Waals surface area contributed by atoms with E-state index >= 15 is 0 Å². The molecule has 0 aliphatic carbocycles. The van der Waals surface area contributed by atoms with Gasteiger partial charge in [0.05, 0.1) is 12.0 Å². The van der Waals surface area contributed by atoms with Gasteiger partial charge >= 0.3 is 11.9 Å². The molecule has 3 N–H and O–H groups in total. The zero-order chi connectivity index (χ0) is 13.7. The summed E-state index contributed by atoms with van der Waals surface area (Å²) in [6.07, 6.45) is 0.560. The SMILES string of the molecule is O=C(O)C[C@H](NC(=O)c1ccc(Br)nc1)C(=O)O. The number of nitrogens with zero attached hydrogens (tertiary/aromatic N) is 1. The largest absolute Gasteiger partial charge is 0.481 e. The predicted molar refractivity (Wildman–Crippen MR) is 63.1 cm³/mol. The average Bonchev–Trinajstić information content (AvgIpc) is 2.28. The van der Waals surface area contributed by atoms with E-state index in [4.69, 9.17) is 10.2 Å². The summed E-state index contributed by atoms with van der Waals surface area (Å²) < 4.78 is 0.527. The average molecular weight is 317 g/mol. The number of aromatic nitrogens is 1. The highest BCUT2D eigenvalue weighted by Gasteiger charge is 2.23. The van der Waals surface area contributed by atoms with Crippen molar-refractivity contribution in [2.24, 2.45) is 0 Å². The van der Waals surface area contributed by atoms with Crippen molar-refractivity contribution >= 4 is 33.8 Å². The van der Waals surface area contributed by atoms with Crippen LogP contribution in [0.3, 0.4) is 0 Å². The smallest absolute Gasteiger partial charge is 0.326 e. The van der Waals surface area contributed by atoms with Gasteiger partial charge < -0.3 is 15.5 Å². The van der Waals surface area contributed by atoms with E-state index in [-0.39, 0.29) is 5.56 Å². The van der Waals surface area contributed by atoms with Gasteiger partial charge in [-0.15, -0.1) is 0 Å². The van der Waals surface area contributed by atoms with Gasteiger partial charge in [0.15, 0.2) is 0 Å². The number of hydrogen-bond acceptors (Lipinski definition) is 4. The van der Waals surface area contributed by atoms with E-state index in [1.165, 1.54) is 18.3 Å². The van der Waals surface area contributed by atoms with Gasteiger partial charge in [-0.3, -0.25) is 9.59 Å². The maximum Gasteiger partial charge on any atom is 0.326 e. The molecule has 0 aliphatic heterocycles. The summed E-state index contributed by atoms with van der Waals surface area (Å²) in [6.45, 7) is 0. The Morgan fingerprint density at radius 3 is 2.44 bits per heavy atom. The lowest BCUT2D eigenvalue weighted by molar-refractivity contribution is -0.145. The number of nitrogens with one attached hydrogen (secondary N) is 1. The van der Waals surface area contributed by atoms with Crippen LogP contribution in [0.4, 0.5) is 0 Å². The number of aliphatic carboxylic acids is 2. The number of halogens is 1. The molecule has 0 fully saturated rings. The number of carbonyl (C=O) groups excluding carboxylic acids is 1. The fourth-order valence-electron chi connectivity index (χ4n) is 1.13. The zero-order valence-electron chi connectivity index (χ0n) is 8.96. The Hall–Kier alpha value is -1.96. The van der Waals surface area contributed by atoms with Crippen LogP contribution in [0.2, 0.25) is 0 Å². The molecule has 0 aliphatic rings. The lowest BCUT2D eigenvalue weighted by Gasteiger charge is -2.12. The third-order valence-electron chi connectivity index (χ3n) is 1.97.